The van der Waals surface area contributed by atoms with Gasteiger partial charge in [-0.3, -0.25) is 4.90 Å². The molecule has 104 valence electrons. The summed E-state index contributed by atoms with van der Waals surface area (Å²) in [6.45, 7) is 9.26. The number of hydrogen-bond donors (Lipinski definition) is 1. The van der Waals surface area contributed by atoms with Crippen LogP contribution in [0.4, 0.5) is 0 Å². The molecular formula is C15H28N2O. The summed E-state index contributed by atoms with van der Waals surface area (Å²) in [5, 5.41) is 3.53. The van der Waals surface area contributed by atoms with Crippen molar-refractivity contribution >= 4 is 0 Å². The first-order valence-electron chi connectivity index (χ1n) is 7.57. The Morgan fingerprint density at radius 1 is 1.33 bits per heavy atom. The van der Waals surface area contributed by atoms with Crippen LogP contribution in [0.2, 0.25) is 0 Å². The van der Waals surface area contributed by atoms with Crippen LogP contribution in [0.15, 0.2) is 12.7 Å². The lowest BCUT2D eigenvalue weighted by Crippen LogP contribution is -2.49. The minimum Gasteiger partial charge on any atom is -0.374 e. The lowest BCUT2D eigenvalue weighted by atomic mass is 10.1. The Kier molecular flexibility index (Phi) is 6.18. The summed E-state index contributed by atoms with van der Waals surface area (Å²) in [6, 6.07) is 0.722. The summed E-state index contributed by atoms with van der Waals surface area (Å²) in [5.41, 5.74) is 0. The van der Waals surface area contributed by atoms with Gasteiger partial charge in [0.25, 0.3) is 0 Å². The average molecular weight is 252 g/mol. The maximum atomic E-state index is 5.92. The Hall–Kier alpha value is -0.380. The molecule has 0 aromatic rings. The molecule has 0 aromatic carbocycles. The number of unbranched alkanes of at least 4 members (excludes halogenated alkanes) is 3. The van der Waals surface area contributed by atoms with Crippen molar-refractivity contribution in [3.05, 3.63) is 12.7 Å². The average Bonchev–Trinajstić information content (AvgIpc) is 2.85. The highest BCUT2D eigenvalue weighted by atomic mass is 16.5. The largest absolute Gasteiger partial charge is 0.374 e. The van der Waals surface area contributed by atoms with Crippen LogP contribution in [0, 0.1) is 0 Å². The van der Waals surface area contributed by atoms with E-state index in [9.17, 15) is 0 Å². The third-order valence-corrected chi connectivity index (χ3v) is 4.10. The molecular weight excluding hydrogens is 224 g/mol. The quantitative estimate of drug-likeness (QED) is 0.529. The van der Waals surface area contributed by atoms with Crippen LogP contribution >= 0.6 is 0 Å². The van der Waals surface area contributed by atoms with Gasteiger partial charge in [0, 0.05) is 19.1 Å². The van der Waals surface area contributed by atoms with Gasteiger partial charge in [0.15, 0.2) is 0 Å². The Labute approximate surface area is 112 Å². The van der Waals surface area contributed by atoms with Gasteiger partial charge >= 0.3 is 0 Å². The first kappa shape index (κ1) is 14.0. The number of ether oxygens (including phenoxy) is 1. The monoisotopic (exact) mass is 252 g/mol. The maximum absolute atomic E-state index is 5.92. The molecule has 2 atom stereocenters. The van der Waals surface area contributed by atoms with Crippen LogP contribution in [0.5, 0.6) is 0 Å². The molecule has 0 amide bonds. The smallest absolute Gasteiger partial charge is 0.0826 e. The Morgan fingerprint density at radius 2 is 2.28 bits per heavy atom. The second kappa shape index (κ2) is 7.93. The van der Waals surface area contributed by atoms with E-state index in [2.05, 4.69) is 16.8 Å². The highest BCUT2D eigenvalue weighted by molar-refractivity contribution is 4.85. The molecule has 2 fully saturated rings. The van der Waals surface area contributed by atoms with Crippen molar-refractivity contribution in [2.75, 3.05) is 32.8 Å². The van der Waals surface area contributed by atoms with Crippen molar-refractivity contribution in [3.63, 3.8) is 0 Å². The number of hydrogen-bond acceptors (Lipinski definition) is 3. The van der Waals surface area contributed by atoms with E-state index in [1.807, 2.05) is 6.08 Å². The van der Waals surface area contributed by atoms with E-state index in [1.165, 1.54) is 38.6 Å². The van der Waals surface area contributed by atoms with Crippen molar-refractivity contribution in [1.29, 1.82) is 0 Å². The molecule has 2 aliphatic rings. The van der Waals surface area contributed by atoms with E-state index in [-0.39, 0.29) is 0 Å². The predicted octanol–water partition coefficient (Wildman–Crippen LogP) is 2.19. The fourth-order valence-corrected chi connectivity index (χ4v) is 2.99. The van der Waals surface area contributed by atoms with E-state index < -0.39 is 0 Å². The first-order valence-corrected chi connectivity index (χ1v) is 7.57. The highest BCUT2D eigenvalue weighted by Crippen LogP contribution is 2.22. The van der Waals surface area contributed by atoms with Crippen LogP contribution in [0.3, 0.4) is 0 Å². The lowest BCUT2D eigenvalue weighted by molar-refractivity contribution is -0.0468. The molecule has 2 unspecified atom stereocenters. The van der Waals surface area contributed by atoms with Crippen molar-refractivity contribution in [3.8, 4) is 0 Å². The van der Waals surface area contributed by atoms with Crippen molar-refractivity contribution in [1.82, 2.24) is 10.2 Å². The zero-order valence-electron chi connectivity index (χ0n) is 11.6. The van der Waals surface area contributed by atoms with Crippen LogP contribution in [0.25, 0.3) is 0 Å². The Bertz CT molecular complexity index is 245. The summed E-state index contributed by atoms with van der Waals surface area (Å²) in [4.78, 5) is 2.61. The molecule has 0 bridgehead atoms. The molecule has 3 heteroatoms. The summed E-state index contributed by atoms with van der Waals surface area (Å²) in [6.07, 6.45) is 10.1. The molecule has 0 aromatic heterocycles. The van der Waals surface area contributed by atoms with Crippen LogP contribution in [-0.2, 0) is 4.74 Å². The molecule has 0 aliphatic carbocycles. The number of fused-ring (bicyclic) bond motifs is 1. The SMILES string of the molecule is C=CCCCCCNCC1CN2CCCC2CO1. The minimum atomic E-state index is 0.410. The highest BCUT2D eigenvalue weighted by Gasteiger charge is 2.31. The molecule has 2 heterocycles. The van der Waals surface area contributed by atoms with Gasteiger partial charge in [0.2, 0.25) is 0 Å². The van der Waals surface area contributed by atoms with E-state index >= 15 is 0 Å². The number of allylic oxidation sites excluding steroid dienone is 1. The molecule has 0 radical (unpaired) electrons. The standard InChI is InChI=1S/C15H28N2O/c1-2-3-4-5-6-9-16-11-15-12-17-10-7-8-14(17)13-18-15/h2,14-16H,1,3-13H2. The number of nitrogens with zero attached hydrogens (tertiary/aromatic N) is 1. The van der Waals surface area contributed by atoms with Crippen LogP contribution in [0.1, 0.15) is 38.5 Å². The number of morpholine rings is 1. The number of nitrogens with one attached hydrogen (secondary N) is 1. The minimum absolute atomic E-state index is 0.410. The fourth-order valence-electron chi connectivity index (χ4n) is 2.99. The van der Waals surface area contributed by atoms with Crippen molar-refractivity contribution in [2.24, 2.45) is 0 Å². The molecule has 3 nitrogen and oxygen atoms in total. The maximum Gasteiger partial charge on any atom is 0.0826 e. The molecule has 2 saturated heterocycles. The molecule has 2 rings (SSSR count). The van der Waals surface area contributed by atoms with Gasteiger partial charge in [0.1, 0.15) is 0 Å². The van der Waals surface area contributed by atoms with Gasteiger partial charge in [-0.15, -0.1) is 6.58 Å². The Balaban J connectivity index is 1.48. The van der Waals surface area contributed by atoms with Gasteiger partial charge in [-0.1, -0.05) is 12.5 Å². The zero-order valence-corrected chi connectivity index (χ0v) is 11.6. The van der Waals surface area contributed by atoms with Gasteiger partial charge in [-0.25, -0.2) is 0 Å². The summed E-state index contributed by atoms with van der Waals surface area (Å²) < 4.78 is 5.92. The molecule has 2 aliphatic heterocycles. The van der Waals surface area contributed by atoms with E-state index in [4.69, 9.17) is 4.74 Å². The second-order valence-electron chi connectivity index (χ2n) is 5.59. The second-order valence-corrected chi connectivity index (χ2v) is 5.59. The molecule has 0 saturated carbocycles. The van der Waals surface area contributed by atoms with Gasteiger partial charge in [-0.2, -0.15) is 0 Å². The molecule has 0 spiro atoms. The summed E-state index contributed by atoms with van der Waals surface area (Å²) in [5.74, 6) is 0. The summed E-state index contributed by atoms with van der Waals surface area (Å²) >= 11 is 0. The van der Waals surface area contributed by atoms with Crippen LogP contribution < -0.4 is 5.32 Å². The molecule has 18 heavy (non-hydrogen) atoms. The van der Waals surface area contributed by atoms with Crippen molar-refractivity contribution < 1.29 is 4.74 Å². The lowest BCUT2D eigenvalue weighted by Gasteiger charge is -2.35. The molecule has 1 N–H and O–H groups in total. The zero-order chi connectivity index (χ0) is 12.6. The van der Waals surface area contributed by atoms with Gasteiger partial charge in [0.05, 0.1) is 12.7 Å². The topological polar surface area (TPSA) is 24.5 Å². The van der Waals surface area contributed by atoms with E-state index in [1.54, 1.807) is 0 Å². The van der Waals surface area contributed by atoms with Gasteiger partial charge in [-0.05, 0) is 45.2 Å². The third-order valence-electron chi connectivity index (χ3n) is 4.10. The Morgan fingerprint density at radius 3 is 3.17 bits per heavy atom. The fraction of sp³-hybridized carbons (Fsp3) is 0.867. The first-order chi connectivity index (χ1) is 8.90. The van der Waals surface area contributed by atoms with Crippen molar-refractivity contribution in [2.45, 2.75) is 50.7 Å². The normalized spacial score (nSPS) is 28.2. The number of rotatable bonds is 8. The van der Waals surface area contributed by atoms with E-state index in [0.29, 0.717) is 6.10 Å². The van der Waals surface area contributed by atoms with Gasteiger partial charge < -0.3 is 10.1 Å². The summed E-state index contributed by atoms with van der Waals surface area (Å²) in [7, 11) is 0. The predicted molar refractivity (Wildman–Crippen MR) is 75.9 cm³/mol. The van der Waals surface area contributed by atoms with Crippen LogP contribution in [-0.4, -0.2) is 49.8 Å². The third kappa shape index (κ3) is 4.38. The van der Waals surface area contributed by atoms with E-state index in [0.717, 1.165) is 38.7 Å².